The summed E-state index contributed by atoms with van der Waals surface area (Å²) in [6.07, 6.45) is 9.22. The summed E-state index contributed by atoms with van der Waals surface area (Å²) < 4.78 is 43.3. The van der Waals surface area contributed by atoms with Crippen LogP contribution in [0.15, 0.2) is 12.7 Å². The van der Waals surface area contributed by atoms with Gasteiger partial charge in [0.1, 0.15) is 69.4 Å². The summed E-state index contributed by atoms with van der Waals surface area (Å²) in [4.78, 5) is 12.5. The van der Waals surface area contributed by atoms with Crippen LogP contribution in [0.1, 0.15) is 125 Å². The Bertz CT molecular complexity index is 1200. The molecule has 1 aliphatic rings. The Hall–Kier alpha value is -1.74. The van der Waals surface area contributed by atoms with Gasteiger partial charge in [-0.05, 0) is 38.5 Å². The topological polar surface area (TPSA) is 164 Å². The molecule has 0 radical (unpaired) electrons. The van der Waals surface area contributed by atoms with Crippen LogP contribution in [-0.4, -0.2) is 103 Å². The van der Waals surface area contributed by atoms with Crippen LogP contribution >= 0.6 is 7.82 Å². The van der Waals surface area contributed by atoms with E-state index in [1.54, 1.807) is 0 Å². The Kier molecular flexibility index (Phi) is 17.3. The molecule has 15 heteroatoms. The normalized spacial score (nSPS) is 20.5. The van der Waals surface area contributed by atoms with Gasteiger partial charge in [-0.1, -0.05) is 89.3 Å². The molecule has 4 N–H and O–H groups in total. The number of nitrogens with zero attached hydrogens (tertiary/aromatic N) is 6. The Morgan fingerprint density at radius 2 is 1.20 bits per heavy atom. The van der Waals surface area contributed by atoms with E-state index in [1.807, 2.05) is 0 Å². The van der Waals surface area contributed by atoms with E-state index in [2.05, 4.69) is 56.5 Å². The van der Waals surface area contributed by atoms with Gasteiger partial charge in [-0.2, -0.15) is 9.29 Å². The first-order chi connectivity index (χ1) is 23.6. The van der Waals surface area contributed by atoms with Crippen molar-refractivity contribution in [1.82, 2.24) is 19.5 Å². The summed E-state index contributed by atoms with van der Waals surface area (Å²) in [5.41, 5.74) is 6.69. The molecule has 2 aromatic heterocycles. The Morgan fingerprint density at radius 3 is 1.63 bits per heavy atom. The minimum atomic E-state index is -4.31. The number of imidazole rings is 1. The van der Waals surface area contributed by atoms with Crippen molar-refractivity contribution in [2.75, 3.05) is 51.6 Å². The maximum absolute atomic E-state index is 15.3. The first-order valence-electron chi connectivity index (χ1n) is 18.9. The monoisotopic (exact) mass is 715 g/mol. The highest BCUT2D eigenvalue weighted by atomic mass is 31.2. The molecular formula is C34H66N7O7P+2. The summed E-state index contributed by atoms with van der Waals surface area (Å²) in [5, 5.41) is 22.3. The molecule has 0 unspecified atom stereocenters. The molecule has 1 saturated heterocycles. The van der Waals surface area contributed by atoms with Crippen molar-refractivity contribution in [3.63, 3.8) is 0 Å². The molecule has 0 aromatic carbocycles. The average Bonchev–Trinajstić information content (AvgIpc) is 3.65. The van der Waals surface area contributed by atoms with E-state index in [1.165, 1.54) is 17.2 Å². The van der Waals surface area contributed by atoms with E-state index in [9.17, 15) is 10.2 Å². The molecule has 0 bridgehead atoms. The van der Waals surface area contributed by atoms with Gasteiger partial charge in [0.2, 0.25) is 0 Å². The lowest BCUT2D eigenvalue weighted by atomic mass is 10.1. The summed E-state index contributed by atoms with van der Waals surface area (Å²) in [6, 6.07) is 0. The summed E-state index contributed by atoms with van der Waals surface area (Å²) in [7, 11) is -4.31. The van der Waals surface area contributed by atoms with Crippen LogP contribution in [0.25, 0.3) is 11.2 Å². The number of quaternary nitrogens is 2. The number of aliphatic hydroxyl groups is 2. The van der Waals surface area contributed by atoms with Crippen molar-refractivity contribution in [3.05, 3.63) is 12.7 Å². The van der Waals surface area contributed by atoms with E-state index in [0.29, 0.717) is 50.4 Å². The van der Waals surface area contributed by atoms with Gasteiger partial charge in [-0.3, -0.25) is 9.09 Å². The molecule has 1 fully saturated rings. The van der Waals surface area contributed by atoms with Gasteiger partial charge in [0.05, 0.1) is 12.9 Å². The highest BCUT2D eigenvalue weighted by molar-refractivity contribution is 7.48. The molecule has 3 heterocycles. The number of aromatic nitrogens is 4. The van der Waals surface area contributed by atoms with Crippen LogP contribution in [-0.2, 0) is 23.1 Å². The Labute approximate surface area is 294 Å². The second kappa shape index (κ2) is 20.3. The van der Waals surface area contributed by atoms with Crippen LogP contribution < -0.4 is 5.73 Å². The third kappa shape index (κ3) is 11.4. The predicted octanol–water partition coefficient (Wildman–Crippen LogP) is 6.45. The molecule has 0 aliphatic carbocycles. The minimum absolute atomic E-state index is 0.184. The third-order valence-electron chi connectivity index (χ3n) is 9.46. The first-order valence-corrected chi connectivity index (χ1v) is 20.4. The van der Waals surface area contributed by atoms with Gasteiger partial charge in [0.15, 0.2) is 17.7 Å². The number of fused-ring (bicyclic) bond motifs is 1. The van der Waals surface area contributed by atoms with Crippen LogP contribution in [0.2, 0.25) is 0 Å². The molecular weight excluding hydrogens is 649 g/mol. The van der Waals surface area contributed by atoms with Crippen molar-refractivity contribution in [2.24, 2.45) is 0 Å². The van der Waals surface area contributed by atoms with Gasteiger partial charge in [-0.25, -0.2) is 19.5 Å². The molecule has 4 atom stereocenters. The fraction of sp³-hybridized carbons (Fsp3) is 0.853. The Morgan fingerprint density at radius 1 is 0.755 bits per heavy atom. The number of hydrogen-bond donors (Lipinski definition) is 3. The van der Waals surface area contributed by atoms with E-state index in [-0.39, 0.29) is 21.7 Å². The van der Waals surface area contributed by atoms with Gasteiger partial charge in [-0.15, -0.1) is 0 Å². The van der Waals surface area contributed by atoms with E-state index in [4.69, 9.17) is 24.2 Å². The number of unbranched alkanes of at least 4 members (excludes halogenated alkanes) is 6. The van der Waals surface area contributed by atoms with Crippen molar-refractivity contribution in [3.8, 4) is 0 Å². The number of anilines is 1. The standard InChI is InChI=1S/C34H66N7O7P/c1-7-13-19-40(20-14-8-2,21-15-9-3)47-49(44,48-41(22-16-10-4,23-17-11-5)24-18-12-6)45-25-28-30(42)31(43)34(46-28)39-27-38-29-32(35)36-26-37-33(29)39/h26-28,30-31,34,42-43H,7-25H2,1-6H3,(H2,35,36,37)/q+2/t28-,30-,31-,34-/m1/s1. The number of phosphoric acid groups is 1. The maximum Gasteiger partial charge on any atom is 0.567 e. The van der Waals surface area contributed by atoms with Crippen molar-refractivity contribution < 1.29 is 42.6 Å². The largest absolute Gasteiger partial charge is 0.567 e. The van der Waals surface area contributed by atoms with Crippen LogP contribution in [0.3, 0.4) is 0 Å². The van der Waals surface area contributed by atoms with E-state index >= 15 is 4.57 Å². The molecule has 14 nitrogen and oxygen atoms in total. The lowest BCUT2D eigenvalue weighted by Gasteiger charge is -2.40. The summed E-state index contributed by atoms with van der Waals surface area (Å²) in [5.74, 6) is 0.193. The summed E-state index contributed by atoms with van der Waals surface area (Å²) in [6.45, 7) is 16.7. The zero-order valence-corrected chi connectivity index (χ0v) is 31.9. The zero-order chi connectivity index (χ0) is 35.9. The van der Waals surface area contributed by atoms with E-state index in [0.717, 1.165) is 77.0 Å². The van der Waals surface area contributed by atoms with E-state index < -0.39 is 32.4 Å². The van der Waals surface area contributed by atoms with Crippen LogP contribution in [0.4, 0.5) is 5.82 Å². The molecule has 49 heavy (non-hydrogen) atoms. The van der Waals surface area contributed by atoms with Crippen molar-refractivity contribution in [2.45, 2.75) is 143 Å². The number of hydrogen-bond acceptors (Lipinski definition) is 11. The Balaban J connectivity index is 2.00. The quantitative estimate of drug-likeness (QED) is 0.0557. The van der Waals surface area contributed by atoms with Gasteiger partial charge in [0, 0.05) is 0 Å². The van der Waals surface area contributed by atoms with Crippen molar-refractivity contribution in [1.29, 1.82) is 0 Å². The number of hydroxylamine groups is 6. The second-order valence-corrected chi connectivity index (χ2v) is 15.1. The lowest BCUT2D eigenvalue weighted by Crippen LogP contribution is -2.53. The average molecular weight is 716 g/mol. The highest BCUT2D eigenvalue weighted by Gasteiger charge is 2.51. The molecule has 3 rings (SSSR count). The number of nitrogens with two attached hydrogens (primary N) is 1. The molecule has 0 spiro atoms. The fourth-order valence-corrected chi connectivity index (χ4v) is 8.19. The van der Waals surface area contributed by atoms with Crippen molar-refractivity contribution >= 4 is 24.8 Å². The predicted molar refractivity (Wildman–Crippen MR) is 191 cm³/mol. The first kappa shape index (κ1) is 41.7. The van der Waals surface area contributed by atoms with Gasteiger partial charge in [0.25, 0.3) is 0 Å². The maximum atomic E-state index is 15.3. The molecule has 0 amide bonds. The number of rotatable bonds is 26. The SMILES string of the molecule is CCCC[N+](CCCC)(CCCC)OP(=O)(OC[C@H]1O[C@@H](n2cnc3c(N)ncnc32)[C@H](O)[C@@H]1O)O[N+](CCCC)(CCCC)CCCC. The number of aliphatic hydroxyl groups excluding tert-OH is 2. The second-order valence-electron chi connectivity index (χ2n) is 13.6. The zero-order valence-electron chi connectivity index (χ0n) is 31.0. The number of ether oxygens (including phenoxy) is 1. The summed E-state index contributed by atoms with van der Waals surface area (Å²) >= 11 is 0. The molecule has 0 saturated carbocycles. The van der Waals surface area contributed by atoms with Gasteiger partial charge >= 0.3 is 7.82 Å². The minimum Gasteiger partial charge on any atom is -0.387 e. The lowest BCUT2D eigenvalue weighted by molar-refractivity contribution is -1.10. The number of nitrogen functional groups attached to an aromatic ring is 1. The fourth-order valence-electron chi connectivity index (χ4n) is 6.40. The molecule has 282 valence electrons. The van der Waals surface area contributed by atoms with Crippen LogP contribution in [0.5, 0.6) is 0 Å². The molecule has 1 aliphatic heterocycles. The third-order valence-corrected chi connectivity index (χ3v) is 11.0. The molecule has 2 aromatic rings. The smallest absolute Gasteiger partial charge is 0.387 e. The van der Waals surface area contributed by atoms with Crippen LogP contribution in [0, 0.1) is 0 Å². The highest BCUT2D eigenvalue weighted by Crippen LogP contribution is 2.55. The van der Waals surface area contributed by atoms with Gasteiger partial charge < -0.3 is 20.7 Å².